The van der Waals surface area contributed by atoms with E-state index in [2.05, 4.69) is 26.7 Å². The summed E-state index contributed by atoms with van der Waals surface area (Å²) in [6, 6.07) is 15.1. The Morgan fingerprint density at radius 1 is 1.23 bits per heavy atom. The molecule has 0 aliphatic heterocycles. The molecular formula is C23H20N6OS. The lowest BCUT2D eigenvalue weighted by Gasteiger charge is -2.17. The highest BCUT2D eigenvalue weighted by Gasteiger charge is 2.20. The van der Waals surface area contributed by atoms with Crippen LogP contribution in [0.2, 0.25) is 0 Å². The zero-order chi connectivity index (χ0) is 22.0. The van der Waals surface area contributed by atoms with Gasteiger partial charge in [-0.3, -0.25) is 9.78 Å². The molecule has 0 spiro atoms. The molecule has 0 aliphatic rings. The third kappa shape index (κ3) is 4.22. The van der Waals surface area contributed by atoms with Crippen LogP contribution in [0.3, 0.4) is 0 Å². The van der Waals surface area contributed by atoms with Crippen molar-refractivity contribution in [3.8, 4) is 22.3 Å². The Morgan fingerprint density at radius 3 is 2.81 bits per heavy atom. The zero-order valence-electron chi connectivity index (χ0n) is 17.3. The molecule has 0 atom stereocenters. The summed E-state index contributed by atoms with van der Waals surface area (Å²) in [6.07, 6.45) is 3.57. The van der Waals surface area contributed by atoms with Crippen molar-refractivity contribution in [2.75, 3.05) is 5.32 Å². The molecule has 4 aromatic rings. The summed E-state index contributed by atoms with van der Waals surface area (Å²) in [7, 11) is 0. The minimum atomic E-state index is -0.638. The van der Waals surface area contributed by atoms with Crippen molar-refractivity contribution >= 4 is 22.9 Å². The second-order valence-corrected chi connectivity index (χ2v) is 8.57. The number of thiazole rings is 1. The average Bonchev–Trinajstić information content (AvgIpc) is 3.46. The summed E-state index contributed by atoms with van der Waals surface area (Å²) in [5.41, 5.74) is 5.56. The molecule has 0 saturated heterocycles. The smallest absolute Gasteiger partial charge is 0.255 e. The Kier molecular flexibility index (Phi) is 5.36. The number of amides is 1. The summed E-state index contributed by atoms with van der Waals surface area (Å²) >= 11 is 1.49. The molecule has 8 heteroatoms. The van der Waals surface area contributed by atoms with Crippen molar-refractivity contribution in [3.05, 3.63) is 77.1 Å². The molecule has 1 N–H and O–H groups in total. The number of aromatic nitrogens is 4. The van der Waals surface area contributed by atoms with E-state index in [1.165, 1.54) is 11.3 Å². The third-order valence-corrected chi connectivity index (χ3v) is 5.81. The molecule has 31 heavy (non-hydrogen) atoms. The fourth-order valence-corrected chi connectivity index (χ4v) is 3.66. The first-order valence-electron chi connectivity index (χ1n) is 9.63. The molecule has 0 bridgehead atoms. The number of nitrogens with one attached hydrogen (secondary N) is 1. The number of rotatable bonds is 5. The number of anilines is 1. The van der Waals surface area contributed by atoms with Crippen LogP contribution < -0.4 is 5.32 Å². The predicted molar refractivity (Wildman–Crippen MR) is 120 cm³/mol. The van der Waals surface area contributed by atoms with Crippen molar-refractivity contribution in [3.63, 3.8) is 0 Å². The molecule has 4 rings (SSSR count). The lowest BCUT2D eigenvalue weighted by atomic mass is 9.86. The molecular weight excluding hydrogens is 408 g/mol. The molecule has 2 aromatic carbocycles. The van der Waals surface area contributed by atoms with Gasteiger partial charge in [-0.1, -0.05) is 23.4 Å². The van der Waals surface area contributed by atoms with Crippen molar-refractivity contribution in [2.45, 2.75) is 26.2 Å². The fraction of sp³-hybridized carbons (Fsp3) is 0.174. The van der Waals surface area contributed by atoms with Gasteiger partial charge in [0, 0.05) is 17.4 Å². The van der Waals surface area contributed by atoms with Gasteiger partial charge in [0.1, 0.15) is 5.69 Å². The monoisotopic (exact) mass is 428 g/mol. The van der Waals surface area contributed by atoms with Crippen LogP contribution in [0.15, 0.2) is 60.4 Å². The van der Waals surface area contributed by atoms with Crippen molar-refractivity contribution < 1.29 is 4.79 Å². The van der Waals surface area contributed by atoms with Crippen LogP contribution in [-0.2, 0) is 5.41 Å². The number of hydrogen-bond acceptors (Lipinski definition) is 6. The highest BCUT2D eigenvalue weighted by atomic mass is 32.1. The van der Waals surface area contributed by atoms with E-state index in [-0.39, 0.29) is 5.91 Å². The van der Waals surface area contributed by atoms with Crippen LogP contribution in [0.1, 0.15) is 35.3 Å². The van der Waals surface area contributed by atoms with Gasteiger partial charge in [0.25, 0.3) is 5.91 Å². The average molecular weight is 429 g/mol. The van der Waals surface area contributed by atoms with Gasteiger partial charge >= 0.3 is 0 Å². The van der Waals surface area contributed by atoms with Crippen molar-refractivity contribution in [2.24, 2.45) is 0 Å². The Labute approximate surface area is 184 Å². The van der Waals surface area contributed by atoms with Gasteiger partial charge in [0.2, 0.25) is 0 Å². The zero-order valence-corrected chi connectivity index (χ0v) is 18.1. The van der Waals surface area contributed by atoms with E-state index >= 15 is 0 Å². The van der Waals surface area contributed by atoms with E-state index in [1.807, 2.05) is 57.3 Å². The highest BCUT2D eigenvalue weighted by Crippen LogP contribution is 2.26. The summed E-state index contributed by atoms with van der Waals surface area (Å²) in [6.45, 7) is 5.65. The topological polar surface area (TPSA) is 96.5 Å². The van der Waals surface area contributed by atoms with Crippen LogP contribution in [0.5, 0.6) is 0 Å². The minimum Gasteiger partial charge on any atom is -0.322 e. The van der Waals surface area contributed by atoms with Crippen LogP contribution in [0.25, 0.3) is 16.3 Å². The van der Waals surface area contributed by atoms with E-state index in [4.69, 9.17) is 0 Å². The normalized spacial score (nSPS) is 11.2. The van der Waals surface area contributed by atoms with Gasteiger partial charge in [0.15, 0.2) is 0 Å². The summed E-state index contributed by atoms with van der Waals surface area (Å²) in [5.74, 6) is -0.240. The second-order valence-electron chi connectivity index (χ2n) is 7.69. The minimum absolute atomic E-state index is 0.240. The van der Waals surface area contributed by atoms with Crippen LogP contribution in [0, 0.1) is 18.3 Å². The molecule has 0 saturated carbocycles. The number of nitriles is 1. The summed E-state index contributed by atoms with van der Waals surface area (Å²) < 4.78 is 1.66. The lowest BCUT2D eigenvalue weighted by Crippen LogP contribution is -2.16. The standard InChI is InChI=1S/C23H20N6OS/c1-15-7-8-16(9-20(15)29-12-19(27-28-29)21-11-25-14-31-21)22(30)26-18-6-4-5-17(10-18)23(2,3)13-24/h4-12,14H,1-3H3,(H,26,30). The van der Waals surface area contributed by atoms with E-state index in [0.717, 1.165) is 27.4 Å². The van der Waals surface area contributed by atoms with Gasteiger partial charge < -0.3 is 5.32 Å². The Morgan fingerprint density at radius 2 is 2.06 bits per heavy atom. The van der Waals surface area contributed by atoms with Gasteiger partial charge in [0.05, 0.1) is 33.8 Å². The molecule has 2 aromatic heterocycles. The lowest BCUT2D eigenvalue weighted by molar-refractivity contribution is 0.102. The number of hydrogen-bond donors (Lipinski definition) is 1. The number of aryl methyl sites for hydroxylation is 1. The molecule has 7 nitrogen and oxygen atoms in total. The van der Waals surface area contributed by atoms with E-state index in [1.54, 1.807) is 28.5 Å². The van der Waals surface area contributed by atoms with E-state index < -0.39 is 5.41 Å². The first-order chi connectivity index (χ1) is 14.9. The molecule has 1 amide bonds. The molecule has 2 heterocycles. The SMILES string of the molecule is Cc1ccc(C(=O)Nc2cccc(C(C)(C)C#N)c2)cc1-n1cc(-c2cncs2)nn1. The Balaban J connectivity index is 1.60. The van der Waals surface area contributed by atoms with Crippen LogP contribution in [0.4, 0.5) is 5.69 Å². The number of carbonyl (C=O) groups excluding carboxylic acids is 1. The fourth-order valence-electron chi connectivity index (χ4n) is 3.09. The first kappa shape index (κ1) is 20.4. The number of carbonyl (C=O) groups is 1. The van der Waals surface area contributed by atoms with Crippen molar-refractivity contribution in [1.29, 1.82) is 5.26 Å². The number of nitrogens with zero attached hydrogens (tertiary/aromatic N) is 5. The summed E-state index contributed by atoms with van der Waals surface area (Å²) in [5, 5.41) is 20.7. The summed E-state index contributed by atoms with van der Waals surface area (Å²) in [4.78, 5) is 17.9. The number of benzene rings is 2. The predicted octanol–water partition coefficient (Wildman–Crippen LogP) is 4.75. The Hall–Kier alpha value is -3.83. The van der Waals surface area contributed by atoms with Crippen LogP contribution in [-0.4, -0.2) is 25.9 Å². The molecule has 0 radical (unpaired) electrons. The second kappa shape index (κ2) is 8.13. The molecule has 154 valence electrons. The molecule has 0 unspecified atom stereocenters. The largest absolute Gasteiger partial charge is 0.322 e. The molecule has 0 aliphatic carbocycles. The van der Waals surface area contributed by atoms with Gasteiger partial charge in [-0.15, -0.1) is 16.4 Å². The first-order valence-corrected chi connectivity index (χ1v) is 10.5. The maximum atomic E-state index is 12.9. The van der Waals surface area contributed by atoms with Crippen molar-refractivity contribution in [1.82, 2.24) is 20.0 Å². The quantitative estimate of drug-likeness (QED) is 0.495. The highest BCUT2D eigenvalue weighted by molar-refractivity contribution is 7.13. The van der Waals surface area contributed by atoms with Gasteiger partial charge in [-0.05, 0) is 56.2 Å². The van der Waals surface area contributed by atoms with Crippen LogP contribution >= 0.6 is 11.3 Å². The van der Waals surface area contributed by atoms with E-state index in [0.29, 0.717) is 11.3 Å². The maximum Gasteiger partial charge on any atom is 0.255 e. The maximum absolute atomic E-state index is 12.9. The van der Waals surface area contributed by atoms with E-state index in [9.17, 15) is 10.1 Å². The third-order valence-electron chi connectivity index (χ3n) is 5.02. The van der Waals surface area contributed by atoms with Gasteiger partial charge in [-0.2, -0.15) is 5.26 Å². The van der Waals surface area contributed by atoms with Gasteiger partial charge in [-0.25, -0.2) is 4.68 Å². The molecule has 0 fully saturated rings. The Bertz CT molecular complexity index is 1280.